The normalized spacial score (nSPS) is 10.4. The van der Waals surface area contributed by atoms with Crippen LogP contribution < -0.4 is 20.7 Å². The van der Waals surface area contributed by atoms with Crippen molar-refractivity contribution in [2.24, 2.45) is 0 Å². The molecule has 0 saturated heterocycles. The number of benzene rings is 3. The molecule has 0 saturated carbocycles. The molecular weight excluding hydrogens is 442 g/mol. The van der Waals surface area contributed by atoms with Crippen LogP contribution in [0.5, 0.6) is 5.75 Å². The third-order valence-electron chi connectivity index (χ3n) is 5.19. The molecule has 7 heteroatoms. The number of rotatable bonds is 11. The van der Waals surface area contributed by atoms with E-state index in [1.807, 2.05) is 42.5 Å². The first-order valence-corrected chi connectivity index (χ1v) is 11.4. The van der Waals surface area contributed by atoms with Crippen molar-refractivity contribution < 1.29 is 18.7 Å². The van der Waals surface area contributed by atoms with E-state index >= 15 is 0 Å². The largest absolute Gasteiger partial charge is 0.491 e. The molecule has 7 nitrogen and oxygen atoms in total. The van der Waals surface area contributed by atoms with Crippen LogP contribution in [0.3, 0.4) is 0 Å². The lowest BCUT2D eigenvalue weighted by atomic mass is 10.1. The van der Waals surface area contributed by atoms with Gasteiger partial charge in [-0.3, -0.25) is 9.59 Å². The minimum atomic E-state index is -0.361. The Labute approximate surface area is 204 Å². The van der Waals surface area contributed by atoms with E-state index in [0.717, 1.165) is 18.5 Å². The molecule has 4 aromatic rings. The summed E-state index contributed by atoms with van der Waals surface area (Å²) in [5.74, 6) is 0.333. The lowest BCUT2D eigenvalue weighted by Crippen LogP contribution is -2.22. The molecule has 0 atom stereocenters. The summed E-state index contributed by atoms with van der Waals surface area (Å²) in [6, 6.07) is 28.0. The zero-order valence-corrected chi connectivity index (χ0v) is 19.2. The number of ether oxygens (including phenoxy) is 1. The molecule has 1 aromatic heterocycles. The number of carbonyl (C=O) groups is 2. The zero-order valence-electron chi connectivity index (χ0n) is 19.2. The molecule has 0 unspecified atom stereocenters. The van der Waals surface area contributed by atoms with Crippen LogP contribution in [0.4, 0.5) is 17.1 Å². The first-order valence-electron chi connectivity index (χ1n) is 11.4. The van der Waals surface area contributed by atoms with Crippen LogP contribution in [0.25, 0.3) is 0 Å². The van der Waals surface area contributed by atoms with Crippen LogP contribution in [-0.2, 0) is 11.2 Å². The van der Waals surface area contributed by atoms with Crippen LogP contribution in [0.2, 0.25) is 0 Å². The van der Waals surface area contributed by atoms with Crippen molar-refractivity contribution in [2.75, 3.05) is 29.1 Å². The van der Waals surface area contributed by atoms with Crippen molar-refractivity contribution >= 4 is 28.9 Å². The highest BCUT2D eigenvalue weighted by Gasteiger charge is 2.10. The number of anilines is 3. The van der Waals surface area contributed by atoms with Crippen molar-refractivity contribution in [1.29, 1.82) is 0 Å². The monoisotopic (exact) mass is 469 g/mol. The van der Waals surface area contributed by atoms with E-state index in [1.54, 1.807) is 36.4 Å². The molecule has 0 aliphatic carbocycles. The van der Waals surface area contributed by atoms with Gasteiger partial charge in [0, 0.05) is 11.4 Å². The van der Waals surface area contributed by atoms with Gasteiger partial charge in [-0.15, -0.1) is 0 Å². The van der Waals surface area contributed by atoms with Crippen LogP contribution in [0.1, 0.15) is 22.5 Å². The van der Waals surface area contributed by atoms with Gasteiger partial charge in [-0.2, -0.15) is 0 Å². The molecular formula is C28H27N3O4. The molecule has 3 N–H and O–H groups in total. The van der Waals surface area contributed by atoms with Crippen LogP contribution in [-0.4, -0.2) is 25.0 Å². The van der Waals surface area contributed by atoms with E-state index in [-0.39, 0.29) is 24.1 Å². The highest BCUT2D eigenvalue weighted by atomic mass is 16.5. The summed E-state index contributed by atoms with van der Waals surface area (Å²) < 4.78 is 11.0. The smallest absolute Gasteiger partial charge is 0.291 e. The Hall–Kier alpha value is -4.52. The Balaban J connectivity index is 1.25. The first kappa shape index (κ1) is 23.6. The van der Waals surface area contributed by atoms with E-state index < -0.39 is 0 Å². The average Bonchev–Trinajstić information content (AvgIpc) is 3.42. The molecule has 0 aliphatic rings. The number of furan rings is 1. The minimum absolute atomic E-state index is 0.0629. The Morgan fingerprint density at radius 1 is 0.800 bits per heavy atom. The van der Waals surface area contributed by atoms with Gasteiger partial charge in [0.25, 0.3) is 5.91 Å². The van der Waals surface area contributed by atoms with Gasteiger partial charge in [0.15, 0.2) is 5.76 Å². The Morgan fingerprint density at radius 2 is 1.57 bits per heavy atom. The quantitative estimate of drug-likeness (QED) is 0.249. The minimum Gasteiger partial charge on any atom is -0.491 e. The molecule has 0 fully saturated rings. The SMILES string of the molecule is O=C(CNc1ccccc1OCCCc1ccccc1)Nc1cccc(NC(=O)c2ccco2)c1. The third kappa shape index (κ3) is 7.23. The predicted octanol–water partition coefficient (Wildman–Crippen LogP) is 5.59. The predicted molar refractivity (Wildman–Crippen MR) is 137 cm³/mol. The summed E-state index contributed by atoms with van der Waals surface area (Å²) >= 11 is 0. The van der Waals surface area contributed by atoms with Gasteiger partial charge in [0.2, 0.25) is 5.91 Å². The lowest BCUT2D eigenvalue weighted by Gasteiger charge is -2.13. The summed E-state index contributed by atoms with van der Waals surface area (Å²) in [5.41, 5.74) is 3.15. The van der Waals surface area contributed by atoms with E-state index in [4.69, 9.17) is 9.15 Å². The summed E-state index contributed by atoms with van der Waals surface area (Å²) in [4.78, 5) is 24.7. The van der Waals surface area contributed by atoms with Crippen molar-refractivity contribution in [2.45, 2.75) is 12.8 Å². The number of carbonyl (C=O) groups excluding carboxylic acids is 2. The average molecular weight is 470 g/mol. The highest BCUT2D eigenvalue weighted by Crippen LogP contribution is 2.24. The number of aryl methyl sites for hydroxylation is 1. The second-order valence-electron chi connectivity index (χ2n) is 7.85. The molecule has 0 radical (unpaired) electrons. The van der Waals surface area contributed by atoms with Gasteiger partial charge in [-0.25, -0.2) is 0 Å². The fourth-order valence-corrected chi connectivity index (χ4v) is 3.50. The Bertz CT molecular complexity index is 1240. The van der Waals surface area contributed by atoms with Gasteiger partial charge < -0.3 is 25.1 Å². The van der Waals surface area contributed by atoms with Crippen LogP contribution in [0, 0.1) is 0 Å². The summed E-state index contributed by atoms with van der Waals surface area (Å²) in [6.45, 7) is 0.643. The van der Waals surface area contributed by atoms with E-state index in [2.05, 4.69) is 28.1 Å². The molecule has 0 aliphatic heterocycles. The number of hydrogen-bond acceptors (Lipinski definition) is 5. The highest BCUT2D eigenvalue weighted by molar-refractivity contribution is 6.02. The molecule has 4 rings (SSSR count). The van der Waals surface area contributed by atoms with E-state index in [9.17, 15) is 9.59 Å². The van der Waals surface area contributed by atoms with Crippen molar-refractivity contribution in [3.8, 4) is 5.75 Å². The van der Waals surface area contributed by atoms with Gasteiger partial charge in [-0.05, 0) is 60.9 Å². The topological polar surface area (TPSA) is 92.6 Å². The second kappa shape index (κ2) is 12.1. The second-order valence-corrected chi connectivity index (χ2v) is 7.85. The maximum absolute atomic E-state index is 12.5. The maximum atomic E-state index is 12.5. The summed E-state index contributed by atoms with van der Waals surface area (Å²) in [7, 11) is 0. The Kier molecular flexibility index (Phi) is 8.16. The zero-order chi connectivity index (χ0) is 24.3. The molecule has 35 heavy (non-hydrogen) atoms. The summed E-state index contributed by atoms with van der Waals surface area (Å²) in [6.07, 6.45) is 3.28. The lowest BCUT2D eigenvalue weighted by molar-refractivity contribution is -0.114. The summed E-state index contributed by atoms with van der Waals surface area (Å²) in [5, 5.41) is 8.71. The number of para-hydroxylation sites is 2. The van der Waals surface area contributed by atoms with Crippen LogP contribution >= 0.6 is 0 Å². The number of nitrogens with one attached hydrogen (secondary N) is 3. The number of hydrogen-bond donors (Lipinski definition) is 3. The van der Waals surface area contributed by atoms with Crippen molar-refractivity contribution in [1.82, 2.24) is 0 Å². The molecule has 0 bridgehead atoms. The fraction of sp³-hybridized carbons (Fsp3) is 0.143. The molecule has 178 valence electrons. The first-order chi connectivity index (χ1) is 17.2. The standard InChI is InChI=1S/C28H27N3O4/c32-27(30-22-12-6-13-23(19-22)31-28(33)26-16-8-18-35-26)20-29-24-14-4-5-15-25(24)34-17-7-11-21-9-2-1-3-10-21/h1-6,8-10,12-16,18-19,29H,7,11,17,20H2,(H,30,32)(H,31,33). The molecule has 0 spiro atoms. The fourth-order valence-electron chi connectivity index (χ4n) is 3.50. The molecule has 1 heterocycles. The van der Waals surface area contributed by atoms with Gasteiger partial charge in [0.1, 0.15) is 5.75 Å². The van der Waals surface area contributed by atoms with Gasteiger partial charge in [0.05, 0.1) is 25.1 Å². The van der Waals surface area contributed by atoms with Crippen molar-refractivity contribution in [3.63, 3.8) is 0 Å². The third-order valence-corrected chi connectivity index (χ3v) is 5.19. The van der Waals surface area contributed by atoms with Gasteiger partial charge in [-0.1, -0.05) is 48.5 Å². The van der Waals surface area contributed by atoms with Crippen molar-refractivity contribution in [3.05, 3.63) is 109 Å². The maximum Gasteiger partial charge on any atom is 0.291 e. The van der Waals surface area contributed by atoms with E-state index in [1.165, 1.54) is 11.8 Å². The molecule has 2 amide bonds. The number of amides is 2. The van der Waals surface area contributed by atoms with E-state index in [0.29, 0.717) is 23.7 Å². The molecule has 3 aromatic carbocycles. The van der Waals surface area contributed by atoms with Crippen LogP contribution in [0.15, 0.2) is 102 Å². The Morgan fingerprint density at radius 3 is 2.37 bits per heavy atom. The van der Waals surface area contributed by atoms with Gasteiger partial charge >= 0.3 is 0 Å².